The van der Waals surface area contributed by atoms with Crippen molar-refractivity contribution in [2.24, 2.45) is 5.10 Å². The Morgan fingerprint density at radius 3 is 2.81 bits per heavy atom. The molecule has 106 valence electrons. The number of H-pyrrole nitrogens is 1. The Morgan fingerprint density at radius 2 is 1.95 bits per heavy atom. The number of halogens is 3. The number of aromatic amines is 1. The molecular weight excluding hydrogens is 331 g/mol. The zero-order valence-corrected chi connectivity index (χ0v) is 12.8. The lowest BCUT2D eigenvalue weighted by atomic mass is 10.2. The van der Waals surface area contributed by atoms with Gasteiger partial charge in [-0.15, -0.1) is 0 Å². The Balaban J connectivity index is 1.83. The maximum absolute atomic E-state index is 6.01. The van der Waals surface area contributed by atoms with E-state index in [1.54, 1.807) is 6.21 Å². The maximum atomic E-state index is 6.01. The number of nitrogens with one attached hydrogen (secondary N) is 2. The SMILES string of the molecule is Clc1cc(Cl)c(NN=Cc2c[nH]c3ccccc23)nc1Cl. The lowest BCUT2D eigenvalue weighted by Crippen LogP contribution is -1.95. The number of rotatable bonds is 3. The van der Waals surface area contributed by atoms with Gasteiger partial charge in [0.15, 0.2) is 5.82 Å². The number of hydrogen-bond donors (Lipinski definition) is 2. The lowest BCUT2D eigenvalue weighted by Gasteiger charge is -2.03. The molecule has 7 heteroatoms. The quantitative estimate of drug-likeness (QED) is 0.402. The van der Waals surface area contributed by atoms with E-state index >= 15 is 0 Å². The van der Waals surface area contributed by atoms with Crippen molar-refractivity contribution in [3.63, 3.8) is 0 Å². The Hall–Kier alpha value is -1.75. The highest BCUT2D eigenvalue weighted by Gasteiger charge is 2.07. The number of pyridine rings is 1. The van der Waals surface area contributed by atoms with Gasteiger partial charge in [0.2, 0.25) is 0 Å². The maximum Gasteiger partial charge on any atom is 0.166 e. The van der Waals surface area contributed by atoms with Gasteiger partial charge < -0.3 is 4.98 Å². The number of benzene rings is 1. The highest BCUT2D eigenvalue weighted by Crippen LogP contribution is 2.28. The molecule has 0 amide bonds. The van der Waals surface area contributed by atoms with Crippen molar-refractivity contribution in [1.29, 1.82) is 0 Å². The molecule has 0 atom stereocenters. The fourth-order valence-electron chi connectivity index (χ4n) is 1.89. The number of nitrogens with zero attached hydrogens (tertiary/aromatic N) is 2. The van der Waals surface area contributed by atoms with Crippen LogP contribution in [-0.2, 0) is 0 Å². The van der Waals surface area contributed by atoms with Crippen molar-refractivity contribution in [1.82, 2.24) is 9.97 Å². The van der Waals surface area contributed by atoms with Gasteiger partial charge in [0.1, 0.15) is 5.15 Å². The molecule has 4 nitrogen and oxygen atoms in total. The highest BCUT2D eigenvalue weighted by molar-refractivity contribution is 6.42. The van der Waals surface area contributed by atoms with Crippen molar-refractivity contribution in [3.05, 3.63) is 57.3 Å². The van der Waals surface area contributed by atoms with Gasteiger partial charge in [-0.1, -0.05) is 53.0 Å². The molecule has 2 heterocycles. The predicted octanol–water partition coefficient (Wildman–Crippen LogP) is 4.97. The molecule has 2 N–H and O–H groups in total. The average molecular weight is 340 g/mol. The Bertz CT molecular complexity index is 826. The standard InChI is InChI=1S/C14H9Cl3N4/c15-10-5-11(16)14(20-13(10)17)21-19-7-8-6-18-12-4-2-1-3-9(8)12/h1-7,18H,(H,20,21). The fourth-order valence-corrected chi connectivity index (χ4v) is 2.43. The van der Waals surface area contributed by atoms with Crippen LogP contribution in [0.15, 0.2) is 41.6 Å². The number of para-hydroxylation sites is 1. The molecule has 0 aliphatic heterocycles. The van der Waals surface area contributed by atoms with Crippen molar-refractivity contribution >= 4 is 57.7 Å². The third-order valence-corrected chi connectivity index (χ3v) is 3.84. The molecule has 0 aliphatic carbocycles. The zero-order valence-electron chi connectivity index (χ0n) is 10.6. The number of aromatic nitrogens is 2. The number of hydrogen-bond acceptors (Lipinski definition) is 3. The van der Waals surface area contributed by atoms with E-state index in [1.165, 1.54) is 6.07 Å². The van der Waals surface area contributed by atoms with Crippen LogP contribution >= 0.6 is 34.8 Å². The molecular formula is C14H9Cl3N4. The van der Waals surface area contributed by atoms with Crippen LogP contribution in [0, 0.1) is 0 Å². The summed E-state index contributed by atoms with van der Waals surface area (Å²) in [5.74, 6) is 0.349. The van der Waals surface area contributed by atoms with Crippen LogP contribution in [0.4, 0.5) is 5.82 Å². The smallest absolute Gasteiger partial charge is 0.166 e. The van der Waals surface area contributed by atoms with Gasteiger partial charge in [-0.05, 0) is 12.1 Å². The van der Waals surface area contributed by atoms with Crippen LogP contribution in [0.3, 0.4) is 0 Å². The predicted molar refractivity (Wildman–Crippen MR) is 88.8 cm³/mol. The highest BCUT2D eigenvalue weighted by atomic mass is 35.5. The van der Waals surface area contributed by atoms with E-state index in [4.69, 9.17) is 34.8 Å². The second-order valence-corrected chi connectivity index (χ2v) is 5.42. The normalized spacial score (nSPS) is 11.4. The summed E-state index contributed by atoms with van der Waals surface area (Å²) in [6.45, 7) is 0. The topological polar surface area (TPSA) is 53.1 Å². The summed E-state index contributed by atoms with van der Waals surface area (Å²) < 4.78 is 0. The van der Waals surface area contributed by atoms with Crippen molar-refractivity contribution in [3.8, 4) is 0 Å². The second-order valence-electron chi connectivity index (χ2n) is 4.25. The van der Waals surface area contributed by atoms with E-state index in [9.17, 15) is 0 Å². The van der Waals surface area contributed by atoms with Gasteiger partial charge in [-0.3, -0.25) is 5.43 Å². The van der Waals surface area contributed by atoms with Gasteiger partial charge >= 0.3 is 0 Å². The van der Waals surface area contributed by atoms with E-state index in [2.05, 4.69) is 20.5 Å². The second kappa shape index (κ2) is 5.93. The Morgan fingerprint density at radius 1 is 1.14 bits per heavy atom. The molecule has 0 fully saturated rings. The third kappa shape index (κ3) is 2.97. The summed E-state index contributed by atoms with van der Waals surface area (Å²) in [6.07, 6.45) is 3.55. The minimum Gasteiger partial charge on any atom is -0.361 e. The van der Waals surface area contributed by atoms with Crippen molar-refractivity contribution in [2.75, 3.05) is 5.43 Å². The first kappa shape index (κ1) is 14.2. The molecule has 1 aromatic carbocycles. The van der Waals surface area contributed by atoms with Crippen molar-refractivity contribution < 1.29 is 0 Å². The Labute approximate surface area is 135 Å². The van der Waals surface area contributed by atoms with Gasteiger partial charge in [-0.25, -0.2) is 4.98 Å². The number of anilines is 1. The first-order chi connectivity index (χ1) is 10.1. The van der Waals surface area contributed by atoms with Crippen molar-refractivity contribution in [2.45, 2.75) is 0 Å². The minimum absolute atomic E-state index is 0.172. The van der Waals surface area contributed by atoms with Crippen LogP contribution in [0.2, 0.25) is 15.2 Å². The molecule has 3 aromatic rings. The van der Waals surface area contributed by atoms with Gasteiger partial charge in [0.05, 0.1) is 16.3 Å². The first-order valence-corrected chi connectivity index (χ1v) is 7.15. The van der Waals surface area contributed by atoms with Crippen LogP contribution < -0.4 is 5.43 Å². The number of fused-ring (bicyclic) bond motifs is 1. The van der Waals surface area contributed by atoms with E-state index in [0.717, 1.165) is 16.5 Å². The molecule has 0 unspecified atom stereocenters. The fraction of sp³-hybridized carbons (Fsp3) is 0. The summed E-state index contributed by atoms with van der Waals surface area (Å²) in [5.41, 5.74) is 4.75. The van der Waals surface area contributed by atoms with Gasteiger partial charge in [0, 0.05) is 22.7 Å². The molecule has 2 aromatic heterocycles. The largest absolute Gasteiger partial charge is 0.361 e. The van der Waals surface area contributed by atoms with Gasteiger partial charge in [0.25, 0.3) is 0 Å². The van der Waals surface area contributed by atoms with Crippen LogP contribution in [0.5, 0.6) is 0 Å². The molecule has 0 bridgehead atoms. The molecule has 21 heavy (non-hydrogen) atoms. The third-order valence-electron chi connectivity index (χ3n) is 2.88. The summed E-state index contributed by atoms with van der Waals surface area (Å²) in [5, 5.41) is 6.02. The monoisotopic (exact) mass is 338 g/mol. The van der Waals surface area contributed by atoms with E-state index < -0.39 is 0 Å². The van der Waals surface area contributed by atoms with Crippen LogP contribution in [0.25, 0.3) is 10.9 Å². The summed E-state index contributed by atoms with van der Waals surface area (Å²) >= 11 is 17.7. The van der Waals surface area contributed by atoms with E-state index in [0.29, 0.717) is 15.9 Å². The first-order valence-electron chi connectivity index (χ1n) is 6.02. The van der Waals surface area contributed by atoms with E-state index in [1.807, 2.05) is 30.5 Å². The lowest BCUT2D eigenvalue weighted by molar-refractivity contribution is 1.23. The average Bonchev–Trinajstić information content (AvgIpc) is 2.88. The van der Waals surface area contributed by atoms with Gasteiger partial charge in [-0.2, -0.15) is 5.10 Å². The number of hydrazone groups is 1. The molecule has 3 rings (SSSR count). The summed E-state index contributed by atoms with van der Waals surface area (Å²) in [7, 11) is 0. The molecule has 0 spiro atoms. The van der Waals surface area contributed by atoms with E-state index in [-0.39, 0.29) is 5.15 Å². The zero-order chi connectivity index (χ0) is 14.8. The summed E-state index contributed by atoms with van der Waals surface area (Å²) in [6, 6.07) is 9.47. The van der Waals surface area contributed by atoms with Crippen LogP contribution in [0.1, 0.15) is 5.56 Å². The molecule has 0 radical (unpaired) electrons. The van der Waals surface area contributed by atoms with Crippen LogP contribution in [-0.4, -0.2) is 16.2 Å². The minimum atomic E-state index is 0.172. The Kier molecular flexibility index (Phi) is 4.01. The summed E-state index contributed by atoms with van der Waals surface area (Å²) in [4.78, 5) is 7.19. The molecule has 0 saturated heterocycles. The molecule has 0 saturated carbocycles. The molecule has 0 aliphatic rings.